The van der Waals surface area contributed by atoms with Crippen molar-refractivity contribution in [1.29, 1.82) is 0 Å². The van der Waals surface area contributed by atoms with E-state index in [1.165, 1.54) is 10.9 Å². The second kappa shape index (κ2) is 5.97. The third-order valence-corrected chi connectivity index (χ3v) is 5.74. The summed E-state index contributed by atoms with van der Waals surface area (Å²) in [5.74, 6) is 2.85. The van der Waals surface area contributed by atoms with Gasteiger partial charge in [0.2, 0.25) is 0 Å². The van der Waals surface area contributed by atoms with Gasteiger partial charge in [-0.15, -0.1) is 6.42 Å². The van der Waals surface area contributed by atoms with Crippen LogP contribution < -0.4 is 10.9 Å². The first-order chi connectivity index (χ1) is 9.43. The Labute approximate surface area is 125 Å². The van der Waals surface area contributed by atoms with Crippen molar-refractivity contribution >= 4 is 31.5 Å². The Morgan fingerprint density at radius 2 is 2.35 bits per heavy atom. The first kappa shape index (κ1) is 15.1. The van der Waals surface area contributed by atoms with Gasteiger partial charge in [0.15, 0.2) is 9.84 Å². The number of nitrogens with zero attached hydrogens (tertiary/aromatic N) is 2. The highest BCUT2D eigenvalue weighted by molar-refractivity contribution is 9.10. The second-order valence-electron chi connectivity index (χ2n) is 4.69. The summed E-state index contributed by atoms with van der Waals surface area (Å²) < 4.78 is 24.3. The molecule has 0 amide bonds. The van der Waals surface area contributed by atoms with E-state index >= 15 is 0 Å². The maximum absolute atomic E-state index is 11.9. The summed E-state index contributed by atoms with van der Waals surface area (Å²) >= 11 is 3.21. The molecule has 1 aliphatic rings. The van der Waals surface area contributed by atoms with Crippen LogP contribution >= 0.6 is 15.9 Å². The van der Waals surface area contributed by atoms with Crippen LogP contribution in [0.5, 0.6) is 0 Å². The molecular formula is C12H14BrN3O3S. The van der Waals surface area contributed by atoms with E-state index in [4.69, 9.17) is 6.42 Å². The van der Waals surface area contributed by atoms with Gasteiger partial charge in [0.25, 0.3) is 5.56 Å². The number of rotatable bonds is 4. The molecule has 2 heterocycles. The molecule has 1 aromatic rings. The normalized spacial score (nSPS) is 20.5. The fourth-order valence-electron chi connectivity index (χ4n) is 2.07. The van der Waals surface area contributed by atoms with Gasteiger partial charge in [0.1, 0.15) is 11.0 Å². The third kappa shape index (κ3) is 3.41. The van der Waals surface area contributed by atoms with Crippen LogP contribution in [-0.4, -0.2) is 36.2 Å². The minimum atomic E-state index is -2.89. The first-order valence-electron chi connectivity index (χ1n) is 6.06. The molecular weight excluding hydrogens is 346 g/mol. The fourth-order valence-corrected chi connectivity index (χ4v) is 4.38. The van der Waals surface area contributed by atoms with Gasteiger partial charge in [0, 0.05) is 6.54 Å². The van der Waals surface area contributed by atoms with Gasteiger partial charge in [-0.25, -0.2) is 13.1 Å². The summed E-state index contributed by atoms with van der Waals surface area (Å²) in [6, 6.07) is 0. The van der Waals surface area contributed by atoms with Crippen LogP contribution in [-0.2, 0) is 16.4 Å². The molecule has 1 fully saturated rings. The largest absolute Gasteiger partial charge is 0.382 e. The van der Waals surface area contributed by atoms with Crippen molar-refractivity contribution in [3.8, 4) is 12.3 Å². The highest BCUT2D eigenvalue weighted by atomic mass is 79.9. The summed E-state index contributed by atoms with van der Waals surface area (Å²) in [7, 11) is -2.89. The molecule has 0 spiro atoms. The van der Waals surface area contributed by atoms with Crippen molar-refractivity contribution in [2.24, 2.45) is 5.92 Å². The van der Waals surface area contributed by atoms with Crippen LogP contribution in [0.25, 0.3) is 0 Å². The standard InChI is InChI=1S/C12H14BrN3O3S/c1-2-4-16-12(17)11(13)10(7-15-16)14-6-9-3-5-20(18,19)8-9/h1,7,9,14H,3-6,8H2. The summed E-state index contributed by atoms with van der Waals surface area (Å²) in [5, 5.41) is 7.02. The van der Waals surface area contributed by atoms with E-state index in [2.05, 4.69) is 32.3 Å². The summed E-state index contributed by atoms with van der Waals surface area (Å²) in [6.45, 7) is 0.608. The molecule has 1 aliphatic heterocycles. The van der Waals surface area contributed by atoms with Crippen LogP contribution in [0.3, 0.4) is 0 Å². The van der Waals surface area contributed by atoms with Crippen LogP contribution in [0.4, 0.5) is 5.69 Å². The Kier molecular flexibility index (Phi) is 4.50. The SMILES string of the molecule is C#CCn1ncc(NCC2CCS(=O)(=O)C2)c(Br)c1=O. The Bertz CT molecular complexity index is 706. The van der Waals surface area contributed by atoms with Crippen LogP contribution in [0.1, 0.15) is 6.42 Å². The van der Waals surface area contributed by atoms with E-state index in [0.29, 0.717) is 23.1 Å². The molecule has 0 saturated carbocycles. The molecule has 1 atom stereocenters. The van der Waals surface area contributed by atoms with E-state index in [1.54, 1.807) is 0 Å². The Hall–Kier alpha value is -1.33. The monoisotopic (exact) mass is 359 g/mol. The molecule has 1 unspecified atom stereocenters. The zero-order chi connectivity index (χ0) is 14.8. The van der Waals surface area contributed by atoms with Crippen molar-refractivity contribution in [2.75, 3.05) is 23.4 Å². The van der Waals surface area contributed by atoms with Gasteiger partial charge >= 0.3 is 0 Å². The highest BCUT2D eigenvalue weighted by Gasteiger charge is 2.27. The molecule has 0 aliphatic carbocycles. The lowest BCUT2D eigenvalue weighted by molar-refractivity contribution is 0.595. The number of terminal acetylenes is 1. The number of hydrogen-bond acceptors (Lipinski definition) is 5. The molecule has 2 rings (SSSR count). The lowest BCUT2D eigenvalue weighted by Gasteiger charge is -2.12. The number of sulfone groups is 1. The Morgan fingerprint density at radius 3 is 2.95 bits per heavy atom. The second-order valence-corrected chi connectivity index (χ2v) is 7.71. The molecule has 1 saturated heterocycles. The van der Waals surface area contributed by atoms with Gasteiger partial charge in [-0.3, -0.25) is 4.79 Å². The number of halogens is 1. The molecule has 0 aromatic carbocycles. The number of aromatic nitrogens is 2. The van der Waals surface area contributed by atoms with E-state index in [1.807, 2.05) is 0 Å². The van der Waals surface area contributed by atoms with Crippen molar-refractivity contribution < 1.29 is 8.42 Å². The molecule has 8 heteroatoms. The minimum Gasteiger partial charge on any atom is -0.382 e. The quantitative estimate of drug-likeness (QED) is 0.791. The molecule has 108 valence electrons. The fraction of sp³-hybridized carbons (Fsp3) is 0.500. The van der Waals surface area contributed by atoms with Crippen molar-refractivity contribution in [3.63, 3.8) is 0 Å². The number of nitrogens with one attached hydrogen (secondary N) is 1. The van der Waals surface area contributed by atoms with Gasteiger partial charge in [-0.2, -0.15) is 5.10 Å². The van der Waals surface area contributed by atoms with Gasteiger partial charge in [0.05, 0.1) is 23.4 Å². The number of anilines is 1. The predicted molar refractivity (Wildman–Crippen MR) is 80.3 cm³/mol. The Balaban J connectivity index is 2.06. The van der Waals surface area contributed by atoms with E-state index in [-0.39, 0.29) is 29.5 Å². The lowest BCUT2D eigenvalue weighted by Crippen LogP contribution is -2.25. The van der Waals surface area contributed by atoms with E-state index in [9.17, 15) is 13.2 Å². The zero-order valence-electron chi connectivity index (χ0n) is 10.7. The summed E-state index contributed by atoms with van der Waals surface area (Å²) in [6.07, 6.45) is 7.30. The maximum Gasteiger partial charge on any atom is 0.284 e. The zero-order valence-corrected chi connectivity index (χ0v) is 13.1. The first-order valence-corrected chi connectivity index (χ1v) is 8.68. The predicted octanol–water partition coefficient (Wildman–Crippen LogP) is 0.486. The molecule has 20 heavy (non-hydrogen) atoms. The average molecular weight is 360 g/mol. The maximum atomic E-state index is 11.9. The van der Waals surface area contributed by atoms with Gasteiger partial charge in [-0.05, 0) is 28.3 Å². The molecule has 1 N–H and O–H groups in total. The topological polar surface area (TPSA) is 81.1 Å². The highest BCUT2D eigenvalue weighted by Crippen LogP contribution is 2.21. The van der Waals surface area contributed by atoms with E-state index < -0.39 is 9.84 Å². The molecule has 1 aromatic heterocycles. The van der Waals surface area contributed by atoms with Crippen molar-refractivity contribution in [1.82, 2.24) is 9.78 Å². The van der Waals surface area contributed by atoms with Gasteiger partial charge in [-0.1, -0.05) is 5.92 Å². The van der Waals surface area contributed by atoms with Crippen LogP contribution in [0.15, 0.2) is 15.5 Å². The molecule has 6 nitrogen and oxygen atoms in total. The summed E-state index contributed by atoms with van der Waals surface area (Å²) in [4.78, 5) is 11.9. The van der Waals surface area contributed by atoms with E-state index in [0.717, 1.165) is 0 Å². The van der Waals surface area contributed by atoms with Crippen LogP contribution in [0.2, 0.25) is 0 Å². The smallest absolute Gasteiger partial charge is 0.284 e. The minimum absolute atomic E-state index is 0.0695. The number of hydrogen-bond donors (Lipinski definition) is 1. The lowest BCUT2D eigenvalue weighted by atomic mass is 10.1. The summed E-state index contributed by atoms with van der Waals surface area (Å²) in [5.41, 5.74) is 0.236. The third-order valence-electron chi connectivity index (χ3n) is 3.13. The van der Waals surface area contributed by atoms with Gasteiger partial charge < -0.3 is 5.32 Å². The molecule has 0 radical (unpaired) electrons. The van der Waals surface area contributed by atoms with Crippen molar-refractivity contribution in [3.05, 3.63) is 21.0 Å². The average Bonchev–Trinajstić information content (AvgIpc) is 2.74. The molecule has 0 bridgehead atoms. The Morgan fingerprint density at radius 1 is 1.60 bits per heavy atom. The van der Waals surface area contributed by atoms with Crippen LogP contribution in [0, 0.1) is 18.3 Å². The van der Waals surface area contributed by atoms with Crippen molar-refractivity contribution in [2.45, 2.75) is 13.0 Å².